The Morgan fingerprint density at radius 1 is 1.37 bits per heavy atom. The monoisotopic (exact) mass is 300 g/mol. The van der Waals surface area contributed by atoms with E-state index in [9.17, 15) is 8.42 Å². The van der Waals surface area contributed by atoms with Gasteiger partial charge in [0.2, 0.25) is 0 Å². The third-order valence-corrected chi connectivity index (χ3v) is 6.37. The molecule has 0 radical (unpaired) electrons. The summed E-state index contributed by atoms with van der Waals surface area (Å²) in [5, 5.41) is 16.7. The topological polar surface area (TPSA) is 88.3 Å². The number of nitrogens with zero attached hydrogens (tertiary/aromatic N) is 4. The van der Waals surface area contributed by atoms with E-state index in [2.05, 4.69) is 10.2 Å². The van der Waals surface area contributed by atoms with Crippen LogP contribution in [0.15, 0.2) is 22.7 Å². The van der Waals surface area contributed by atoms with Gasteiger partial charge in [0.1, 0.15) is 16.4 Å². The van der Waals surface area contributed by atoms with Gasteiger partial charge in [-0.2, -0.15) is 4.31 Å². The predicted molar refractivity (Wildman–Crippen MR) is 67.9 cm³/mol. The van der Waals surface area contributed by atoms with Crippen LogP contribution < -0.4 is 0 Å². The SMILES string of the molecule is O=S(=O)(c1ccc(CO)s1)N1CCn2cnnc2C1. The molecule has 2 aromatic heterocycles. The lowest BCUT2D eigenvalue weighted by Gasteiger charge is -2.25. The minimum absolute atomic E-state index is 0.144. The summed E-state index contributed by atoms with van der Waals surface area (Å²) in [5.41, 5.74) is 0. The van der Waals surface area contributed by atoms with Gasteiger partial charge in [-0.3, -0.25) is 0 Å². The molecule has 2 aromatic rings. The number of aliphatic hydroxyl groups excluding tert-OH is 1. The summed E-state index contributed by atoms with van der Waals surface area (Å²) in [6.07, 6.45) is 1.61. The van der Waals surface area contributed by atoms with E-state index < -0.39 is 10.0 Å². The number of aliphatic hydroxyl groups is 1. The molecule has 1 N–H and O–H groups in total. The smallest absolute Gasteiger partial charge is 0.253 e. The molecule has 0 unspecified atom stereocenters. The average Bonchev–Trinajstić information content (AvgIpc) is 3.06. The van der Waals surface area contributed by atoms with Crippen LogP contribution in [0.1, 0.15) is 10.7 Å². The van der Waals surface area contributed by atoms with E-state index in [1.165, 1.54) is 10.4 Å². The first-order valence-corrected chi connectivity index (χ1v) is 7.93. The summed E-state index contributed by atoms with van der Waals surface area (Å²) in [5.74, 6) is 0.647. The summed E-state index contributed by atoms with van der Waals surface area (Å²) < 4.78 is 28.4. The summed E-state index contributed by atoms with van der Waals surface area (Å²) in [6.45, 7) is 1.04. The van der Waals surface area contributed by atoms with E-state index in [1.54, 1.807) is 12.4 Å². The van der Waals surface area contributed by atoms with Gasteiger partial charge >= 0.3 is 0 Å². The average molecular weight is 300 g/mol. The van der Waals surface area contributed by atoms with E-state index in [0.717, 1.165) is 11.3 Å². The fourth-order valence-corrected chi connectivity index (χ4v) is 4.71. The Bertz CT molecular complexity index is 691. The van der Waals surface area contributed by atoms with Gasteiger partial charge in [0.15, 0.2) is 0 Å². The molecule has 3 rings (SSSR count). The number of rotatable bonds is 3. The molecular weight excluding hydrogens is 288 g/mol. The molecule has 0 aliphatic carbocycles. The van der Waals surface area contributed by atoms with Crippen molar-refractivity contribution >= 4 is 21.4 Å². The van der Waals surface area contributed by atoms with E-state index in [4.69, 9.17) is 5.11 Å². The Kier molecular flexibility index (Phi) is 3.13. The lowest BCUT2D eigenvalue weighted by molar-refractivity contribution is 0.285. The normalized spacial score (nSPS) is 16.5. The van der Waals surface area contributed by atoms with Crippen molar-refractivity contribution in [2.45, 2.75) is 23.9 Å². The molecule has 7 nitrogen and oxygen atoms in total. The van der Waals surface area contributed by atoms with E-state index in [1.807, 2.05) is 4.57 Å². The van der Waals surface area contributed by atoms with Crippen LogP contribution in [0.2, 0.25) is 0 Å². The fraction of sp³-hybridized carbons (Fsp3) is 0.400. The van der Waals surface area contributed by atoms with Gasteiger partial charge in [-0.15, -0.1) is 21.5 Å². The number of hydrogen-bond acceptors (Lipinski definition) is 6. The van der Waals surface area contributed by atoms with Crippen molar-refractivity contribution in [3.05, 3.63) is 29.2 Å². The second-order valence-electron chi connectivity index (χ2n) is 4.16. The molecule has 0 bridgehead atoms. The zero-order valence-corrected chi connectivity index (χ0v) is 11.6. The van der Waals surface area contributed by atoms with Crippen LogP contribution >= 0.6 is 11.3 Å². The van der Waals surface area contributed by atoms with Crippen LogP contribution in [0, 0.1) is 0 Å². The maximum atomic E-state index is 12.4. The largest absolute Gasteiger partial charge is 0.391 e. The van der Waals surface area contributed by atoms with Gasteiger partial charge in [0, 0.05) is 18.0 Å². The zero-order chi connectivity index (χ0) is 13.5. The molecule has 0 spiro atoms. The van der Waals surface area contributed by atoms with Crippen LogP contribution in [0.4, 0.5) is 0 Å². The van der Waals surface area contributed by atoms with Crippen LogP contribution in [0.3, 0.4) is 0 Å². The zero-order valence-electron chi connectivity index (χ0n) is 9.93. The van der Waals surface area contributed by atoms with E-state index in [0.29, 0.717) is 23.8 Å². The van der Waals surface area contributed by atoms with Gasteiger partial charge < -0.3 is 9.67 Å². The maximum Gasteiger partial charge on any atom is 0.253 e. The number of fused-ring (bicyclic) bond motifs is 1. The highest BCUT2D eigenvalue weighted by Gasteiger charge is 2.30. The first-order valence-electron chi connectivity index (χ1n) is 5.67. The van der Waals surface area contributed by atoms with Crippen molar-refractivity contribution in [1.82, 2.24) is 19.1 Å². The van der Waals surface area contributed by atoms with Gasteiger partial charge in [-0.25, -0.2) is 8.42 Å². The molecule has 0 saturated heterocycles. The van der Waals surface area contributed by atoms with Crippen LogP contribution in [-0.2, 0) is 29.7 Å². The minimum Gasteiger partial charge on any atom is -0.391 e. The third-order valence-electron chi connectivity index (χ3n) is 2.99. The predicted octanol–water partition coefficient (Wildman–Crippen LogP) is 0.0364. The molecule has 1 aliphatic rings. The van der Waals surface area contributed by atoms with Crippen molar-refractivity contribution < 1.29 is 13.5 Å². The van der Waals surface area contributed by atoms with Gasteiger partial charge in [0.05, 0.1) is 13.2 Å². The van der Waals surface area contributed by atoms with E-state index >= 15 is 0 Å². The Morgan fingerprint density at radius 3 is 2.95 bits per heavy atom. The maximum absolute atomic E-state index is 12.4. The molecule has 1 aliphatic heterocycles. The third kappa shape index (κ3) is 2.18. The first-order chi connectivity index (χ1) is 9.11. The lowest BCUT2D eigenvalue weighted by atomic mass is 10.4. The number of aromatic nitrogens is 3. The summed E-state index contributed by atoms with van der Waals surface area (Å²) >= 11 is 1.09. The van der Waals surface area contributed by atoms with Crippen LogP contribution in [0.25, 0.3) is 0 Å². The van der Waals surface area contributed by atoms with E-state index in [-0.39, 0.29) is 17.4 Å². The molecule has 102 valence electrons. The molecule has 0 aromatic carbocycles. The lowest BCUT2D eigenvalue weighted by Crippen LogP contribution is -2.37. The summed E-state index contributed by atoms with van der Waals surface area (Å²) in [6, 6.07) is 3.16. The second kappa shape index (κ2) is 4.67. The van der Waals surface area contributed by atoms with Crippen molar-refractivity contribution in [3.63, 3.8) is 0 Å². The van der Waals surface area contributed by atoms with Crippen molar-refractivity contribution in [3.8, 4) is 0 Å². The molecular formula is C10H12N4O3S2. The number of sulfonamides is 1. The Labute approximate surface area is 114 Å². The van der Waals surface area contributed by atoms with Crippen LogP contribution in [-0.4, -0.2) is 39.1 Å². The number of thiophene rings is 1. The Balaban J connectivity index is 1.89. The van der Waals surface area contributed by atoms with Crippen LogP contribution in [0.5, 0.6) is 0 Å². The highest BCUT2D eigenvalue weighted by Crippen LogP contribution is 2.27. The summed E-state index contributed by atoms with van der Waals surface area (Å²) in [4.78, 5) is 0.638. The highest BCUT2D eigenvalue weighted by atomic mass is 32.2. The van der Waals surface area contributed by atoms with Crippen molar-refractivity contribution in [2.24, 2.45) is 0 Å². The standard InChI is InChI=1S/C10H12N4O3S2/c15-6-8-1-2-10(18-8)19(16,17)14-4-3-13-7-11-12-9(13)5-14/h1-2,7,15H,3-6H2. The fourth-order valence-electron chi connectivity index (χ4n) is 1.96. The molecule has 0 amide bonds. The molecule has 0 fully saturated rings. The Morgan fingerprint density at radius 2 is 2.21 bits per heavy atom. The minimum atomic E-state index is -3.51. The molecule has 3 heterocycles. The van der Waals surface area contributed by atoms with Crippen molar-refractivity contribution in [2.75, 3.05) is 6.54 Å². The molecule has 0 saturated carbocycles. The first kappa shape index (κ1) is 12.7. The van der Waals surface area contributed by atoms with Gasteiger partial charge in [0.25, 0.3) is 10.0 Å². The molecule has 0 atom stereocenters. The van der Waals surface area contributed by atoms with Gasteiger partial charge in [-0.1, -0.05) is 0 Å². The summed E-state index contributed by atoms with van der Waals surface area (Å²) in [7, 11) is -3.51. The second-order valence-corrected chi connectivity index (χ2v) is 7.49. The van der Waals surface area contributed by atoms with Gasteiger partial charge in [-0.05, 0) is 12.1 Å². The molecule has 9 heteroatoms. The van der Waals surface area contributed by atoms with Crippen molar-refractivity contribution in [1.29, 1.82) is 0 Å². The Hall–Kier alpha value is -1.29. The molecule has 19 heavy (non-hydrogen) atoms. The highest BCUT2D eigenvalue weighted by molar-refractivity contribution is 7.91. The quantitative estimate of drug-likeness (QED) is 0.864. The number of hydrogen-bond donors (Lipinski definition) is 1.